The largest absolute Gasteiger partial charge is 0.324 e. The summed E-state index contributed by atoms with van der Waals surface area (Å²) < 4.78 is 14.2. The Morgan fingerprint density at radius 1 is 1.37 bits per heavy atom. The van der Waals surface area contributed by atoms with Gasteiger partial charge in [-0.25, -0.2) is 9.37 Å². The number of nitrogens with one attached hydrogen (secondary N) is 1. The lowest BCUT2D eigenvalue weighted by Gasteiger charge is -2.07. The van der Waals surface area contributed by atoms with Crippen LogP contribution in [0, 0.1) is 5.82 Å². The van der Waals surface area contributed by atoms with Crippen LogP contribution in [0.15, 0.2) is 41.1 Å². The smallest absolute Gasteiger partial charge is 0.229 e. The molecule has 98 valence electrons. The van der Waals surface area contributed by atoms with Crippen molar-refractivity contribution in [1.29, 1.82) is 0 Å². The lowest BCUT2D eigenvalue weighted by molar-refractivity contribution is -0.115. The minimum atomic E-state index is -0.489. The molecule has 3 nitrogen and oxygen atoms in total. The highest BCUT2D eigenvalue weighted by Crippen LogP contribution is 2.20. The second-order valence-electron chi connectivity index (χ2n) is 3.79. The second kappa shape index (κ2) is 6.12. The molecular formula is C13H9BrClFN2O. The summed E-state index contributed by atoms with van der Waals surface area (Å²) in [5, 5.41) is 2.86. The van der Waals surface area contributed by atoms with E-state index in [1.54, 1.807) is 18.2 Å². The Morgan fingerprint density at radius 3 is 2.79 bits per heavy atom. The van der Waals surface area contributed by atoms with Gasteiger partial charge in [0.1, 0.15) is 10.4 Å². The molecular weight excluding hydrogens is 335 g/mol. The highest BCUT2D eigenvalue weighted by atomic mass is 79.9. The lowest BCUT2D eigenvalue weighted by atomic mass is 10.1. The van der Waals surface area contributed by atoms with Crippen LogP contribution in [0.4, 0.5) is 10.1 Å². The third-order valence-electron chi connectivity index (χ3n) is 2.41. The van der Waals surface area contributed by atoms with Gasteiger partial charge in [0.05, 0.1) is 18.3 Å². The Balaban J connectivity index is 2.07. The van der Waals surface area contributed by atoms with Crippen LogP contribution in [-0.4, -0.2) is 10.9 Å². The molecule has 0 aliphatic rings. The number of halogens is 3. The molecule has 6 heteroatoms. The van der Waals surface area contributed by atoms with E-state index in [2.05, 4.69) is 26.2 Å². The fraction of sp³-hybridized carbons (Fsp3) is 0.0769. The molecule has 0 unspecified atom stereocenters. The molecule has 0 saturated carbocycles. The zero-order valence-electron chi connectivity index (χ0n) is 9.66. The molecule has 2 aromatic rings. The first-order chi connectivity index (χ1) is 9.06. The van der Waals surface area contributed by atoms with Crippen molar-refractivity contribution < 1.29 is 9.18 Å². The number of pyridine rings is 1. The number of carbonyl (C=O) groups is 1. The first-order valence-corrected chi connectivity index (χ1v) is 6.57. The average Bonchev–Trinajstić information content (AvgIpc) is 2.37. The monoisotopic (exact) mass is 342 g/mol. The highest BCUT2D eigenvalue weighted by molar-refractivity contribution is 9.10. The number of aromatic nitrogens is 1. The topological polar surface area (TPSA) is 42.0 Å². The Morgan fingerprint density at radius 2 is 2.16 bits per heavy atom. The first-order valence-electron chi connectivity index (χ1n) is 5.40. The van der Waals surface area contributed by atoms with Gasteiger partial charge in [0, 0.05) is 10.6 Å². The van der Waals surface area contributed by atoms with Gasteiger partial charge in [-0.3, -0.25) is 4.79 Å². The fourth-order valence-corrected chi connectivity index (χ4v) is 1.98. The van der Waals surface area contributed by atoms with E-state index in [9.17, 15) is 9.18 Å². The van der Waals surface area contributed by atoms with E-state index in [1.807, 2.05) is 0 Å². The molecule has 1 aromatic heterocycles. The van der Waals surface area contributed by atoms with Crippen molar-refractivity contribution in [2.75, 3.05) is 5.32 Å². The van der Waals surface area contributed by atoms with Crippen LogP contribution in [0.2, 0.25) is 5.02 Å². The van der Waals surface area contributed by atoms with Crippen molar-refractivity contribution in [3.63, 3.8) is 0 Å². The number of hydrogen-bond donors (Lipinski definition) is 1. The lowest BCUT2D eigenvalue weighted by Crippen LogP contribution is -2.15. The third-order valence-corrected chi connectivity index (χ3v) is 3.23. The van der Waals surface area contributed by atoms with Gasteiger partial charge < -0.3 is 5.32 Å². The molecule has 2 rings (SSSR count). The maximum Gasteiger partial charge on any atom is 0.229 e. The van der Waals surface area contributed by atoms with Gasteiger partial charge in [0.25, 0.3) is 0 Å². The summed E-state index contributed by atoms with van der Waals surface area (Å²) in [5.74, 6) is -0.840. The average molecular weight is 344 g/mol. The van der Waals surface area contributed by atoms with E-state index in [0.717, 1.165) is 0 Å². The normalized spacial score (nSPS) is 10.3. The highest BCUT2D eigenvalue weighted by Gasteiger charge is 2.12. The van der Waals surface area contributed by atoms with Gasteiger partial charge in [-0.15, -0.1) is 0 Å². The summed E-state index contributed by atoms with van der Waals surface area (Å²) in [6.45, 7) is 0. The number of rotatable bonds is 3. The molecule has 1 aromatic carbocycles. The number of anilines is 1. The summed E-state index contributed by atoms with van der Waals surface area (Å²) in [6, 6.07) is 7.71. The van der Waals surface area contributed by atoms with Crippen LogP contribution >= 0.6 is 27.5 Å². The molecule has 0 radical (unpaired) electrons. The van der Waals surface area contributed by atoms with Gasteiger partial charge in [-0.2, -0.15) is 0 Å². The summed E-state index contributed by atoms with van der Waals surface area (Å²) in [4.78, 5) is 15.8. The Bertz CT molecular complexity index is 584. The van der Waals surface area contributed by atoms with Gasteiger partial charge in [-0.1, -0.05) is 17.7 Å². The molecule has 0 aliphatic carbocycles. The van der Waals surface area contributed by atoms with E-state index in [1.165, 1.54) is 18.3 Å². The van der Waals surface area contributed by atoms with Crippen LogP contribution in [-0.2, 0) is 11.2 Å². The molecule has 1 amide bonds. The van der Waals surface area contributed by atoms with E-state index >= 15 is 0 Å². The van der Waals surface area contributed by atoms with Gasteiger partial charge >= 0.3 is 0 Å². The molecule has 19 heavy (non-hydrogen) atoms. The standard InChI is InChI=1S/C13H9BrClFN2O/c14-12-5-4-8(7-17-12)18-13(19)6-9-10(15)2-1-3-11(9)16/h1-5,7H,6H2,(H,18,19). The molecule has 0 bridgehead atoms. The van der Waals surface area contributed by atoms with Crippen molar-refractivity contribution in [3.05, 3.63) is 57.5 Å². The zero-order valence-corrected chi connectivity index (χ0v) is 12.0. The van der Waals surface area contributed by atoms with Crippen molar-refractivity contribution in [3.8, 4) is 0 Å². The number of hydrogen-bond acceptors (Lipinski definition) is 2. The summed E-state index contributed by atoms with van der Waals surface area (Å²) in [7, 11) is 0. The quantitative estimate of drug-likeness (QED) is 0.861. The third kappa shape index (κ3) is 3.75. The molecule has 1 N–H and O–H groups in total. The van der Waals surface area contributed by atoms with Gasteiger partial charge in [0.2, 0.25) is 5.91 Å². The van der Waals surface area contributed by atoms with Crippen LogP contribution < -0.4 is 5.32 Å². The molecule has 0 fully saturated rings. The van der Waals surface area contributed by atoms with E-state index < -0.39 is 5.82 Å². The number of nitrogens with zero attached hydrogens (tertiary/aromatic N) is 1. The van der Waals surface area contributed by atoms with Crippen LogP contribution in [0.25, 0.3) is 0 Å². The van der Waals surface area contributed by atoms with E-state index in [-0.39, 0.29) is 22.9 Å². The van der Waals surface area contributed by atoms with Crippen LogP contribution in [0.3, 0.4) is 0 Å². The molecule has 0 saturated heterocycles. The maximum absolute atomic E-state index is 13.5. The minimum absolute atomic E-state index is 0.123. The first kappa shape index (κ1) is 14.0. The van der Waals surface area contributed by atoms with Crippen LogP contribution in [0.1, 0.15) is 5.56 Å². The van der Waals surface area contributed by atoms with Gasteiger partial charge in [-0.05, 0) is 40.2 Å². The van der Waals surface area contributed by atoms with Crippen molar-refractivity contribution in [1.82, 2.24) is 4.98 Å². The molecule has 0 aliphatic heterocycles. The SMILES string of the molecule is O=C(Cc1c(F)cccc1Cl)Nc1ccc(Br)nc1. The number of benzene rings is 1. The summed E-state index contributed by atoms with van der Waals surface area (Å²) in [6.07, 6.45) is 1.38. The number of carbonyl (C=O) groups excluding carboxylic acids is 1. The second-order valence-corrected chi connectivity index (χ2v) is 5.01. The van der Waals surface area contributed by atoms with Crippen molar-refractivity contribution in [2.24, 2.45) is 0 Å². The zero-order chi connectivity index (χ0) is 13.8. The molecule has 1 heterocycles. The summed E-state index contributed by atoms with van der Waals surface area (Å²) >= 11 is 9.05. The van der Waals surface area contributed by atoms with Crippen molar-refractivity contribution in [2.45, 2.75) is 6.42 Å². The Labute approximate surface area is 122 Å². The predicted octanol–water partition coefficient (Wildman–Crippen LogP) is 3.82. The maximum atomic E-state index is 13.5. The van der Waals surface area contributed by atoms with Crippen LogP contribution in [0.5, 0.6) is 0 Å². The fourth-order valence-electron chi connectivity index (χ4n) is 1.52. The number of amides is 1. The van der Waals surface area contributed by atoms with Crippen molar-refractivity contribution >= 4 is 39.1 Å². The predicted molar refractivity (Wildman–Crippen MR) is 75.7 cm³/mol. The Hall–Kier alpha value is -1.46. The summed E-state index contributed by atoms with van der Waals surface area (Å²) in [5.41, 5.74) is 0.729. The molecule has 0 spiro atoms. The van der Waals surface area contributed by atoms with E-state index in [4.69, 9.17) is 11.6 Å². The van der Waals surface area contributed by atoms with E-state index in [0.29, 0.717) is 10.3 Å². The minimum Gasteiger partial charge on any atom is -0.324 e. The Kier molecular flexibility index (Phi) is 4.50. The van der Waals surface area contributed by atoms with Gasteiger partial charge in [0.15, 0.2) is 0 Å². The molecule has 0 atom stereocenters.